The minimum atomic E-state index is -0.454. The summed E-state index contributed by atoms with van der Waals surface area (Å²) in [5.41, 5.74) is 0.134. The molecular weight excluding hydrogens is 490 g/mol. The number of nitrogens with zero attached hydrogens (tertiary/aromatic N) is 6. The lowest BCUT2D eigenvalue weighted by molar-refractivity contribution is 0.101. The number of fused-ring (bicyclic) bond motifs is 1. The van der Waals surface area contributed by atoms with E-state index in [2.05, 4.69) is 25.4 Å². The van der Waals surface area contributed by atoms with Crippen molar-refractivity contribution in [3.05, 3.63) is 78.3 Å². The first kappa shape index (κ1) is 24.8. The number of aliphatic imine (C=N–C) groups is 1. The highest BCUT2D eigenvalue weighted by Gasteiger charge is 2.31. The Labute approximate surface area is 218 Å². The summed E-state index contributed by atoms with van der Waals surface area (Å²) in [4.78, 5) is 26.0. The molecule has 12 nitrogen and oxygen atoms in total. The van der Waals surface area contributed by atoms with Gasteiger partial charge >= 0.3 is 0 Å². The van der Waals surface area contributed by atoms with Crippen LogP contribution < -0.4 is 14.8 Å². The highest BCUT2D eigenvalue weighted by molar-refractivity contribution is 6.04. The fourth-order valence-electron chi connectivity index (χ4n) is 4.13. The van der Waals surface area contributed by atoms with Gasteiger partial charge in [-0.3, -0.25) is 9.79 Å². The molecule has 0 saturated carbocycles. The van der Waals surface area contributed by atoms with Crippen molar-refractivity contribution in [2.75, 3.05) is 26.1 Å². The van der Waals surface area contributed by atoms with Crippen LogP contribution in [-0.4, -0.2) is 63.3 Å². The molecule has 2 atom stereocenters. The third-order valence-electron chi connectivity index (χ3n) is 5.96. The molecule has 5 rings (SSSR count). The number of pyridine rings is 1. The third kappa shape index (κ3) is 4.88. The van der Waals surface area contributed by atoms with Gasteiger partial charge in [0.1, 0.15) is 17.3 Å². The zero-order chi connectivity index (χ0) is 26.6. The van der Waals surface area contributed by atoms with Crippen molar-refractivity contribution in [3.63, 3.8) is 0 Å². The number of carbonyl (C=O) groups is 1. The zero-order valence-electron chi connectivity index (χ0n) is 21.4. The SMILES string of the molecule is CCOc1cn(-c2cncn2C)nc1C(=O)Nc1ccc(OC2=CC=NC3C=C(OC)C(OC)=CC23)cn1. The van der Waals surface area contributed by atoms with Gasteiger partial charge in [0.25, 0.3) is 5.91 Å². The van der Waals surface area contributed by atoms with Gasteiger partial charge in [-0.2, -0.15) is 5.10 Å². The van der Waals surface area contributed by atoms with Crippen LogP contribution in [0.25, 0.3) is 5.82 Å². The van der Waals surface area contributed by atoms with Crippen molar-refractivity contribution in [3.8, 4) is 17.3 Å². The Kier molecular flexibility index (Phi) is 6.94. The number of aromatic nitrogens is 5. The van der Waals surface area contributed by atoms with Crippen LogP contribution in [0.2, 0.25) is 0 Å². The summed E-state index contributed by atoms with van der Waals surface area (Å²) < 4.78 is 25.9. The number of rotatable bonds is 9. The molecule has 1 amide bonds. The van der Waals surface area contributed by atoms with Crippen LogP contribution in [0, 0.1) is 5.92 Å². The molecule has 1 N–H and O–H groups in total. The van der Waals surface area contributed by atoms with Gasteiger partial charge in [0, 0.05) is 13.3 Å². The summed E-state index contributed by atoms with van der Waals surface area (Å²) in [6.07, 6.45) is 13.8. The molecule has 3 aromatic rings. The van der Waals surface area contributed by atoms with E-state index in [4.69, 9.17) is 18.9 Å². The Bertz CT molecular complexity index is 1450. The molecule has 1 aliphatic heterocycles. The Morgan fingerprint density at radius 3 is 2.63 bits per heavy atom. The molecule has 0 radical (unpaired) electrons. The molecular formula is C26H27N7O5. The van der Waals surface area contributed by atoms with Crippen molar-refractivity contribution in [1.29, 1.82) is 0 Å². The molecule has 3 aromatic heterocycles. The third-order valence-corrected chi connectivity index (χ3v) is 5.96. The van der Waals surface area contributed by atoms with Crippen molar-refractivity contribution < 1.29 is 23.7 Å². The van der Waals surface area contributed by atoms with Crippen LogP contribution in [0.4, 0.5) is 5.82 Å². The van der Waals surface area contributed by atoms with Gasteiger partial charge in [-0.25, -0.2) is 14.6 Å². The van der Waals surface area contributed by atoms with E-state index in [1.165, 1.54) is 6.20 Å². The molecule has 196 valence electrons. The maximum Gasteiger partial charge on any atom is 0.281 e. The number of dihydropyridines is 1. The summed E-state index contributed by atoms with van der Waals surface area (Å²) in [6.45, 7) is 2.22. The zero-order valence-corrected chi connectivity index (χ0v) is 21.4. The van der Waals surface area contributed by atoms with Gasteiger partial charge in [0.05, 0.1) is 57.7 Å². The largest absolute Gasteiger partial charge is 0.493 e. The van der Waals surface area contributed by atoms with Crippen molar-refractivity contribution in [1.82, 2.24) is 24.3 Å². The number of hydrogen-bond donors (Lipinski definition) is 1. The van der Waals surface area contributed by atoms with E-state index < -0.39 is 5.91 Å². The predicted molar refractivity (Wildman–Crippen MR) is 138 cm³/mol. The van der Waals surface area contributed by atoms with E-state index in [0.717, 1.165) is 0 Å². The number of ether oxygens (including phenoxy) is 4. The average molecular weight is 518 g/mol. The van der Waals surface area contributed by atoms with Crippen LogP contribution in [0.5, 0.6) is 11.5 Å². The van der Waals surface area contributed by atoms with E-state index in [0.29, 0.717) is 47.0 Å². The van der Waals surface area contributed by atoms with Crippen LogP contribution in [-0.2, 0) is 16.5 Å². The quantitative estimate of drug-likeness (QED) is 0.459. The first-order chi connectivity index (χ1) is 18.5. The molecule has 1 aliphatic carbocycles. The van der Waals surface area contributed by atoms with E-state index in [-0.39, 0.29) is 17.7 Å². The van der Waals surface area contributed by atoms with Crippen LogP contribution in [0.1, 0.15) is 17.4 Å². The van der Waals surface area contributed by atoms with Gasteiger partial charge in [-0.15, -0.1) is 0 Å². The minimum absolute atomic E-state index is 0.134. The average Bonchev–Trinajstić information content (AvgIpc) is 3.55. The number of hydrogen-bond acceptors (Lipinski definition) is 9. The molecule has 0 fully saturated rings. The number of carbonyl (C=O) groups excluding carboxylic acids is 1. The molecule has 4 heterocycles. The molecule has 12 heteroatoms. The fraction of sp³-hybridized carbons (Fsp3) is 0.269. The van der Waals surface area contributed by atoms with E-state index in [1.807, 2.05) is 26.1 Å². The summed E-state index contributed by atoms with van der Waals surface area (Å²) in [6, 6.07) is 3.21. The molecule has 0 saturated heterocycles. The molecule has 2 aliphatic rings. The van der Waals surface area contributed by atoms with Crippen molar-refractivity contribution in [2.45, 2.75) is 13.0 Å². The Balaban J connectivity index is 1.29. The molecule has 38 heavy (non-hydrogen) atoms. The number of anilines is 1. The van der Waals surface area contributed by atoms with Gasteiger partial charge in [0.2, 0.25) is 0 Å². The van der Waals surface area contributed by atoms with Crippen LogP contribution in [0.15, 0.2) is 77.5 Å². The Hall–Kier alpha value is -4.87. The van der Waals surface area contributed by atoms with Gasteiger partial charge in [-0.1, -0.05) is 0 Å². The number of imidazole rings is 1. The highest BCUT2D eigenvalue weighted by Crippen LogP contribution is 2.34. The second-order valence-electron chi connectivity index (χ2n) is 8.37. The van der Waals surface area contributed by atoms with Crippen molar-refractivity contribution >= 4 is 17.9 Å². The number of amides is 1. The molecule has 0 bridgehead atoms. The highest BCUT2D eigenvalue weighted by atomic mass is 16.5. The van der Waals surface area contributed by atoms with Gasteiger partial charge in [-0.05, 0) is 37.3 Å². The maximum absolute atomic E-state index is 13.0. The minimum Gasteiger partial charge on any atom is -0.493 e. The maximum atomic E-state index is 13.0. The molecule has 0 spiro atoms. The normalized spacial score (nSPS) is 18.1. The predicted octanol–water partition coefficient (Wildman–Crippen LogP) is 3.06. The smallest absolute Gasteiger partial charge is 0.281 e. The lowest BCUT2D eigenvalue weighted by Crippen LogP contribution is -2.27. The second kappa shape index (κ2) is 10.6. The Morgan fingerprint density at radius 1 is 1.13 bits per heavy atom. The Morgan fingerprint density at radius 2 is 1.95 bits per heavy atom. The number of methoxy groups -OCH3 is 2. The van der Waals surface area contributed by atoms with Gasteiger partial charge in [0.15, 0.2) is 28.8 Å². The standard InChI is InChI=1S/C26H27N7O5/c1-5-37-22-14-33(24-13-27-15-32(24)2)31-25(22)26(34)30-23-7-6-16(12-29-23)38-19-8-9-28-18-11-21(36-4)20(35-3)10-17(18)19/h6-15,17-18H,5H2,1-4H3,(H,29,30,34). The molecule has 2 unspecified atom stereocenters. The monoisotopic (exact) mass is 517 g/mol. The fourth-order valence-corrected chi connectivity index (χ4v) is 4.13. The van der Waals surface area contributed by atoms with Crippen molar-refractivity contribution in [2.24, 2.45) is 18.0 Å². The summed E-state index contributed by atoms with van der Waals surface area (Å²) in [5.74, 6) is 3.22. The van der Waals surface area contributed by atoms with Crippen LogP contribution >= 0.6 is 0 Å². The first-order valence-corrected chi connectivity index (χ1v) is 11.9. The second-order valence-corrected chi connectivity index (χ2v) is 8.37. The van der Waals surface area contributed by atoms with Crippen LogP contribution in [0.3, 0.4) is 0 Å². The first-order valence-electron chi connectivity index (χ1n) is 11.9. The number of aryl methyl sites for hydroxylation is 1. The number of allylic oxidation sites excluding steroid dienone is 1. The lowest BCUT2D eigenvalue weighted by Gasteiger charge is -2.29. The summed E-state index contributed by atoms with van der Waals surface area (Å²) in [7, 11) is 5.02. The topological polar surface area (TPSA) is 127 Å². The van der Waals surface area contributed by atoms with E-state index in [9.17, 15) is 4.79 Å². The summed E-state index contributed by atoms with van der Waals surface area (Å²) >= 11 is 0. The van der Waals surface area contributed by atoms with E-state index >= 15 is 0 Å². The van der Waals surface area contributed by atoms with Gasteiger partial charge < -0.3 is 28.8 Å². The molecule has 0 aromatic carbocycles. The van der Waals surface area contributed by atoms with E-state index in [1.54, 1.807) is 66.6 Å². The lowest BCUT2D eigenvalue weighted by atomic mass is 9.90. The number of nitrogens with one attached hydrogen (secondary N) is 1. The summed E-state index contributed by atoms with van der Waals surface area (Å²) in [5, 5.41) is 7.17.